The van der Waals surface area contributed by atoms with E-state index in [1.54, 1.807) is 6.08 Å². The molecule has 0 radical (unpaired) electrons. The maximum Gasteiger partial charge on any atom is 0.233 e. The molecule has 4 heteroatoms. The third-order valence-corrected chi connectivity index (χ3v) is 3.99. The van der Waals surface area contributed by atoms with E-state index < -0.39 is 0 Å². The van der Waals surface area contributed by atoms with Gasteiger partial charge in [-0.05, 0) is 18.8 Å². The Kier molecular flexibility index (Phi) is 1.79. The van der Waals surface area contributed by atoms with Crippen LogP contribution in [0.1, 0.15) is 12.8 Å². The lowest BCUT2D eigenvalue weighted by Gasteiger charge is -2.25. The fourth-order valence-corrected chi connectivity index (χ4v) is 3.18. The Morgan fingerprint density at radius 1 is 1.31 bits per heavy atom. The van der Waals surface area contributed by atoms with Crippen LogP contribution < -0.4 is 5.11 Å². The second-order valence-corrected chi connectivity index (χ2v) is 4.71. The predicted molar refractivity (Wildman–Crippen MR) is 53.6 cm³/mol. The van der Waals surface area contributed by atoms with Crippen LogP contribution in [0.2, 0.25) is 0 Å². The quantitative estimate of drug-likeness (QED) is 0.529. The highest BCUT2D eigenvalue weighted by molar-refractivity contribution is 6.06. The Bertz CT molecular complexity index is 449. The monoisotopic (exact) mass is 218 g/mol. The first-order valence-electron chi connectivity index (χ1n) is 5.49. The molecule has 3 aliphatic rings. The van der Waals surface area contributed by atoms with Crippen LogP contribution in [-0.4, -0.2) is 23.8 Å². The molecule has 1 heterocycles. The summed E-state index contributed by atoms with van der Waals surface area (Å²) in [6.45, 7) is 0. The summed E-state index contributed by atoms with van der Waals surface area (Å²) in [7, 11) is 1.53. The van der Waals surface area contributed by atoms with Crippen LogP contribution in [0.25, 0.3) is 0 Å². The van der Waals surface area contributed by atoms with Gasteiger partial charge in [0.05, 0.1) is 11.8 Å². The molecule has 0 unspecified atom stereocenters. The molecular weight excluding hydrogens is 206 g/mol. The zero-order chi connectivity index (χ0) is 11.4. The third-order valence-electron chi connectivity index (χ3n) is 3.99. The van der Waals surface area contributed by atoms with Crippen LogP contribution in [0.3, 0.4) is 0 Å². The largest absolute Gasteiger partial charge is 0.872 e. The van der Waals surface area contributed by atoms with E-state index in [0.29, 0.717) is 6.42 Å². The molecule has 2 amide bonds. The lowest BCUT2D eigenvalue weighted by molar-refractivity contribution is -0.297. The van der Waals surface area contributed by atoms with E-state index in [1.165, 1.54) is 11.9 Å². The molecule has 3 atom stereocenters. The van der Waals surface area contributed by atoms with E-state index in [2.05, 4.69) is 0 Å². The minimum absolute atomic E-state index is 0.00824. The zero-order valence-corrected chi connectivity index (χ0v) is 8.97. The summed E-state index contributed by atoms with van der Waals surface area (Å²) in [5.41, 5.74) is 0.785. The number of allylic oxidation sites excluding steroid dienone is 3. The maximum absolute atomic E-state index is 11.9. The highest BCUT2D eigenvalue weighted by Gasteiger charge is 2.54. The smallest absolute Gasteiger partial charge is 0.233 e. The van der Waals surface area contributed by atoms with Gasteiger partial charge < -0.3 is 5.11 Å². The topological polar surface area (TPSA) is 60.4 Å². The first-order chi connectivity index (χ1) is 7.61. The highest BCUT2D eigenvalue weighted by atomic mass is 16.3. The Morgan fingerprint density at radius 2 is 2.06 bits per heavy atom. The Balaban J connectivity index is 2.04. The summed E-state index contributed by atoms with van der Waals surface area (Å²) in [5.74, 6) is -0.802. The van der Waals surface area contributed by atoms with Gasteiger partial charge in [0.25, 0.3) is 0 Å². The molecule has 0 aromatic carbocycles. The van der Waals surface area contributed by atoms with Crippen LogP contribution >= 0.6 is 0 Å². The van der Waals surface area contributed by atoms with E-state index in [4.69, 9.17) is 0 Å². The summed E-state index contributed by atoms with van der Waals surface area (Å²) in [6.07, 6.45) is 4.57. The van der Waals surface area contributed by atoms with Crippen LogP contribution in [0.15, 0.2) is 23.5 Å². The average Bonchev–Trinajstić information content (AvgIpc) is 2.74. The second-order valence-electron chi connectivity index (χ2n) is 4.71. The number of hydrogen-bond acceptors (Lipinski definition) is 3. The molecule has 2 aliphatic carbocycles. The maximum atomic E-state index is 11.9. The summed E-state index contributed by atoms with van der Waals surface area (Å²) in [5, 5.41) is 11.6. The molecule has 16 heavy (non-hydrogen) atoms. The minimum Gasteiger partial charge on any atom is -0.872 e. The van der Waals surface area contributed by atoms with Gasteiger partial charge in [-0.2, -0.15) is 0 Å². The SMILES string of the molecule is CN1C(=O)[C@H]2[C@H](CC3=C([O-])C=CC[C@H]32)C1=O. The van der Waals surface area contributed by atoms with Gasteiger partial charge in [0.15, 0.2) is 0 Å². The number of imide groups is 1. The van der Waals surface area contributed by atoms with Crippen LogP contribution in [0.4, 0.5) is 0 Å². The van der Waals surface area contributed by atoms with Gasteiger partial charge in [-0.25, -0.2) is 0 Å². The molecule has 3 rings (SSSR count). The molecule has 2 fully saturated rings. The fraction of sp³-hybridized carbons (Fsp3) is 0.500. The van der Waals surface area contributed by atoms with Crippen molar-refractivity contribution in [1.82, 2.24) is 4.90 Å². The van der Waals surface area contributed by atoms with Crippen molar-refractivity contribution < 1.29 is 14.7 Å². The highest BCUT2D eigenvalue weighted by Crippen LogP contribution is 2.49. The van der Waals surface area contributed by atoms with Gasteiger partial charge in [0.2, 0.25) is 11.8 Å². The zero-order valence-electron chi connectivity index (χ0n) is 8.97. The van der Waals surface area contributed by atoms with E-state index >= 15 is 0 Å². The molecule has 0 aromatic heterocycles. The molecule has 0 N–H and O–H groups in total. The molecular formula is C12H12NO3-. The molecule has 84 valence electrons. The third kappa shape index (κ3) is 0.991. The first-order valence-corrected chi connectivity index (χ1v) is 5.49. The Morgan fingerprint density at radius 3 is 2.81 bits per heavy atom. The van der Waals surface area contributed by atoms with Crippen LogP contribution in [0.5, 0.6) is 0 Å². The van der Waals surface area contributed by atoms with Crippen molar-refractivity contribution >= 4 is 11.8 Å². The molecule has 1 aliphatic heterocycles. The minimum atomic E-state index is -0.277. The van der Waals surface area contributed by atoms with Crippen molar-refractivity contribution in [1.29, 1.82) is 0 Å². The Hall–Kier alpha value is -1.58. The molecule has 0 aromatic rings. The standard InChI is InChI=1S/C12H13NO3/c1-13-11(15)8-5-7-6(10(8)12(13)16)3-2-4-9(7)14/h2,4,6,8,10,14H,3,5H2,1H3/p-1/t6-,8+,10-/m1/s1. The second kappa shape index (κ2) is 2.97. The Labute approximate surface area is 93.2 Å². The average molecular weight is 218 g/mol. The van der Waals surface area contributed by atoms with Gasteiger partial charge in [-0.3, -0.25) is 14.5 Å². The van der Waals surface area contributed by atoms with Crippen molar-refractivity contribution in [2.24, 2.45) is 17.8 Å². The number of likely N-dealkylation sites (tertiary alicyclic amines) is 1. The van der Waals surface area contributed by atoms with Gasteiger partial charge in [-0.1, -0.05) is 17.7 Å². The van der Waals surface area contributed by atoms with Gasteiger partial charge >= 0.3 is 0 Å². The van der Waals surface area contributed by atoms with Gasteiger partial charge in [-0.15, -0.1) is 5.76 Å². The molecule has 0 spiro atoms. The van der Waals surface area contributed by atoms with E-state index in [9.17, 15) is 14.7 Å². The van der Waals surface area contributed by atoms with Crippen molar-refractivity contribution in [3.8, 4) is 0 Å². The fourth-order valence-electron chi connectivity index (χ4n) is 3.18. The molecule has 0 bridgehead atoms. The van der Waals surface area contributed by atoms with Crippen molar-refractivity contribution in [2.45, 2.75) is 12.8 Å². The normalized spacial score (nSPS) is 37.1. The van der Waals surface area contributed by atoms with Crippen molar-refractivity contribution in [3.63, 3.8) is 0 Å². The first kappa shape index (κ1) is 9.63. The lowest BCUT2D eigenvalue weighted by Crippen LogP contribution is -2.30. The summed E-state index contributed by atoms with van der Waals surface area (Å²) in [6, 6.07) is 0. The molecule has 1 saturated carbocycles. The number of fused-ring (bicyclic) bond motifs is 3. The molecule has 4 nitrogen and oxygen atoms in total. The number of carbonyl (C=O) groups is 2. The summed E-state index contributed by atoms with van der Waals surface area (Å²) < 4.78 is 0. The van der Waals surface area contributed by atoms with Gasteiger partial charge in [0.1, 0.15) is 0 Å². The number of carbonyl (C=O) groups excluding carboxylic acids is 2. The van der Waals surface area contributed by atoms with Crippen LogP contribution in [-0.2, 0) is 9.59 Å². The summed E-state index contributed by atoms with van der Waals surface area (Å²) >= 11 is 0. The van der Waals surface area contributed by atoms with Crippen LogP contribution in [0, 0.1) is 17.8 Å². The van der Waals surface area contributed by atoms with E-state index in [1.807, 2.05) is 6.08 Å². The van der Waals surface area contributed by atoms with Gasteiger partial charge in [0, 0.05) is 7.05 Å². The summed E-state index contributed by atoms with van der Waals surface area (Å²) in [4.78, 5) is 24.9. The number of nitrogens with zero attached hydrogens (tertiary/aromatic N) is 1. The van der Waals surface area contributed by atoms with E-state index in [0.717, 1.165) is 12.0 Å². The van der Waals surface area contributed by atoms with E-state index in [-0.39, 0.29) is 35.3 Å². The van der Waals surface area contributed by atoms with Crippen molar-refractivity contribution in [3.05, 3.63) is 23.5 Å². The van der Waals surface area contributed by atoms with Crippen molar-refractivity contribution in [2.75, 3.05) is 7.05 Å². The predicted octanol–water partition coefficient (Wildman–Crippen LogP) is -0.188. The number of hydrogen-bond donors (Lipinski definition) is 0. The molecule has 1 saturated heterocycles. The lowest BCUT2D eigenvalue weighted by atomic mass is 9.85. The number of rotatable bonds is 0. The number of amides is 2.